The van der Waals surface area contributed by atoms with E-state index in [4.69, 9.17) is 0 Å². The van der Waals surface area contributed by atoms with Gasteiger partial charge in [-0.3, -0.25) is 0 Å². The van der Waals surface area contributed by atoms with Crippen molar-refractivity contribution < 1.29 is 0 Å². The Bertz CT molecular complexity index is 651. The van der Waals surface area contributed by atoms with Crippen molar-refractivity contribution in [2.45, 2.75) is 33.1 Å². The lowest BCUT2D eigenvalue weighted by Gasteiger charge is -2.14. The molecule has 0 radical (unpaired) electrons. The number of hydrogen-bond acceptors (Lipinski definition) is 3. The van der Waals surface area contributed by atoms with Crippen molar-refractivity contribution >= 4 is 0 Å². The molecule has 0 atom stereocenters. The fourth-order valence-electron chi connectivity index (χ4n) is 1.87. The third kappa shape index (κ3) is 2.63. The summed E-state index contributed by atoms with van der Waals surface area (Å²) in [4.78, 5) is 8.78. The Kier molecular flexibility index (Phi) is 3.35. The molecule has 1 aromatic carbocycles. The summed E-state index contributed by atoms with van der Waals surface area (Å²) in [5, 5.41) is 9.18. The molecule has 0 amide bonds. The van der Waals surface area contributed by atoms with Crippen LogP contribution in [0.5, 0.6) is 0 Å². The van der Waals surface area contributed by atoms with E-state index in [2.05, 4.69) is 48.1 Å². The highest BCUT2D eigenvalue weighted by molar-refractivity contribution is 5.64. The summed E-state index contributed by atoms with van der Waals surface area (Å²) in [5.41, 5.74) is 3.66. The number of aryl methyl sites for hydroxylation is 2. The highest BCUT2D eigenvalue weighted by Crippen LogP contribution is 2.25. The van der Waals surface area contributed by atoms with Crippen LogP contribution in [0.3, 0.4) is 0 Å². The lowest BCUT2D eigenvalue weighted by Crippen LogP contribution is -2.18. The van der Waals surface area contributed by atoms with Crippen LogP contribution in [-0.2, 0) is 5.41 Å². The lowest BCUT2D eigenvalue weighted by atomic mass is 9.94. The van der Waals surface area contributed by atoms with Gasteiger partial charge in [-0.1, -0.05) is 17.7 Å². The first kappa shape index (κ1) is 13.2. The fraction of sp³-hybridized carbons (Fsp3) is 0.312. The van der Waals surface area contributed by atoms with Crippen molar-refractivity contribution in [1.82, 2.24) is 9.97 Å². The Morgan fingerprint density at radius 2 is 1.89 bits per heavy atom. The second-order valence-corrected chi connectivity index (χ2v) is 5.32. The van der Waals surface area contributed by atoms with Crippen LogP contribution in [0.1, 0.15) is 30.8 Å². The summed E-state index contributed by atoms with van der Waals surface area (Å²) >= 11 is 0. The largest absolute Gasteiger partial charge is 0.240 e. The molecule has 0 N–H and O–H groups in total. The molecule has 0 saturated carbocycles. The van der Waals surface area contributed by atoms with Crippen LogP contribution < -0.4 is 0 Å². The molecule has 3 nitrogen and oxygen atoms in total. The summed E-state index contributed by atoms with van der Waals surface area (Å²) in [5.74, 6) is 0.563. The van der Waals surface area contributed by atoms with Crippen molar-refractivity contribution in [2.24, 2.45) is 0 Å². The van der Waals surface area contributed by atoms with Crippen LogP contribution in [0.15, 0.2) is 30.5 Å². The van der Waals surface area contributed by atoms with Crippen LogP contribution in [0.4, 0.5) is 0 Å². The fourth-order valence-corrected chi connectivity index (χ4v) is 1.87. The van der Waals surface area contributed by atoms with Crippen molar-refractivity contribution in [1.29, 1.82) is 5.26 Å². The summed E-state index contributed by atoms with van der Waals surface area (Å²) in [6.45, 7) is 7.78. The molecular weight excluding hydrogens is 234 g/mol. The predicted molar refractivity (Wildman–Crippen MR) is 75.6 cm³/mol. The molecule has 2 rings (SSSR count). The summed E-state index contributed by atoms with van der Waals surface area (Å²) < 4.78 is 0. The monoisotopic (exact) mass is 251 g/mol. The molecule has 0 saturated heterocycles. The Labute approximate surface area is 114 Å². The van der Waals surface area contributed by atoms with Crippen molar-refractivity contribution in [3.8, 4) is 17.3 Å². The standard InChI is InChI=1S/C16H17N3/c1-11-5-6-12(2)13(9-11)14-7-8-18-15(19-14)16(3,4)10-17/h5-9H,1-4H3. The average Bonchev–Trinajstić information content (AvgIpc) is 2.41. The second kappa shape index (κ2) is 4.81. The predicted octanol–water partition coefficient (Wildman–Crippen LogP) is 3.56. The SMILES string of the molecule is Cc1ccc(C)c(-c2ccnc(C(C)(C)C#N)n2)c1. The minimum absolute atomic E-state index is 0.563. The maximum absolute atomic E-state index is 9.18. The average molecular weight is 251 g/mol. The summed E-state index contributed by atoms with van der Waals surface area (Å²) in [6.07, 6.45) is 1.72. The van der Waals surface area contributed by atoms with E-state index >= 15 is 0 Å². The minimum atomic E-state index is -0.673. The minimum Gasteiger partial charge on any atom is -0.240 e. The molecule has 0 spiro atoms. The van der Waals surface area contributed by atoms with Gasteiger partial charge in [-0.05, 0) is 45.4 Å². The van der Waals surface area contributed by atoms with E-state index in [1.165, 1.54) is 11.1 Å². The normalized spacial score (nSPS) is 11.1. The van der Waals surface area contributed by atoms with Gasteiger partial charge in [0.2, 0.25) is 0 Å². The zero-order chi connectivity index (χ0) is 14.0. The van der Waals surface area contributed by atoms with Crippen LogP contribution in [0.25, 0.3) is 11.3 Å². The Morgan fingerprint density at radius 3 is 2.58 bits per heavy atom. The zero-order valence-corrected chi connectivity index (χ0v) is 11.7. The van der Waals surface area contributed by atoms with Gasteiger partial charge in [-0.2, -0.15) is 5.26 Å². The van der Waals surface area contributed by atoms with E-state index in [0.29, 0.717) is 5.82 Å². The molecule has 1 aromatic heterocycles. The highest BCUT2D eigenvalue weighted by Gasteiger charge is 2.23. The van der Waals surface area contributed by atoms with Gasteiger partial charge >= 0.3 is 0 Å². The van der Waals surface area contributed by atoms with E-state index in [-0.39, 0.29) is 0 Å². The third-order valence-electron chi connectivity index (χ3n) is 3.16. The van der Waals surface area contributed by atoms with E-state index in [9.17, 15) is 5.26 Å². The Morgan fingerprint density at radius 1 is 1.16 bits per heavy atom. The van der Waals surface area contributed by atoms with Gasteiger partial charge in [-0.25, -0.2) is 9.97 Å². The number of hydrogen-bond donors (Lipinski definition) is 0. The molecule has 0 aliphatic heterocycles. The smallest absolute Gasteiger partial charge is 0.148 e. The summed E-state index contributed by atoms with van der Waals surface area (Å²) in [6, 6.07) is 10.4. The van der Waals surface area contributed by atoms with Crippen LogP contribution >= 0.6 is 0 Å². The Hall–Kier alpha value is -2.21. The maximum Gasteiger partial charge on any atom is 0.148 e. The molecular formula is C16H17N3. The van der Waals surface area contributed by atoms with Crippen molar-refractivity contribution in [3.63, 3.8) is 0 Å². The first-order valence-corrected chi connectivity index (χ1v) is 6.26. The quantitative estimate of drug-likeness (QED) is 0.820. The van der Waals surface area contributed by atoms with E-state index in [1.807, 2.05) is 19.9 Å². The van der Waals surface area contributed by atoms with Gasteiger partial charge in [0.1, 0.15) is 11.2 Å². The van der Waals surface area contributed by atoms with Gasteiger partial charge < -0.3 is 0 Å². The topological polar surface area (TPSA) is 49.6 Å². The van der Waals surface area contributed by atoms with Gasteiger partial charge in [-0.15, -0.1) is 0 Å². The van der Waals surface area contributed by atoms with Crippen LogP contribution in [0.2, 0.25) is 0 Å². The first-order valence-electron chi connectivity index (χ1n) is 6.26. The second-order valence-electron chi connectivity index (χ2n) is 5.32. The molecule has 19 heavy (non-hydrogen) atoms. The maximum atomic E-state index is 9.18. The van der Waals surface area contributed by atoms with E-state index in [0.717, 1.165) is 11.3 Å². The van der Waals surface area contributed by atoms with Crippen LogP contribution in [0, 0.1) is 25.2 Å². The summed E-state index contributed by atoms with van der Waals surface area (Å²) in [7, 11) is 0. The number of nitriles is 1. The molecule has 0 fully saturated rings. The molecule has 0 aliphatic carbocycles. The lowest BCUT2D eigenvalue weighted by molar-refractivity contribution is 0.630. The van der Waals surface area contributed by atoms with Gasteiger partial charge in [0.15, 0.2) is 0 Å². The number of benzene rings is 1. The first-order chi connectivity index (χ1) is 8.94. The molecule has 0 unspecified atom stereocenters. The number of rotatable bonds is 2. The molecule has 1 heterocycles. The van der Waals surface area contributed by atoms with Crippen LogP contribution in [-0.4, -0.2) is 9.97 Å². The number of nitrogens with zero attached hydrogens (tertiary/aromatic N) is 3. The third-order valence-corrected chi connectivity index (χ3v) is 3.16. The van der Waals surface area contributed by atoms with E-state index < -0.39 is 5.41 Å². The van der Waals surface area contributed by atoms with Crippen molar-refractivity contribution in [2.75, 3.05) is 0 Å². The molecule has 0 bridgehead atoms. The molecule has 2 aromatic rings. The number of aromatic nitrogens is 2. The molecule has 3 heteroatoms. The highest BCUT2D eigenvalue weighted by atomic mass is 14.9. The zero-order valence-electron chi connectivity index (χ0n) is 11.7. The van der Waals surface area contributed by atoms with Crippen molar-refractivity contribution in [3.05, 3.63) is 47.4 Å². The van der Waals surface area contributed by atoms with Gasteiger partial charge in [0.25, 0.3) is 0 Å². The van der Waals surface area contributed by atoms with Gasteiger partial charge in [0, 0.05) is 11.8 Å². The Balaban J connectivity index is 2.56. The molecule has 0 aliphatic rings. The van der Waals surface area contributed by atoms with Gasteiger partial charge in [0.05, 0.1) is 11.8 Å². The van der Waals surface area contributed by atoms with E-state index in [1.54, 1.807) is 6.20 Å². The molecule has 96 valence electrons.